The second-order valence-corrected chi connectivity index (χ2v) is 11.1. The van der Waals surface area contributed by atoms with E-state index in [0.29, 0.717) is 68.4 Å². The maximum absolute atomic E-state index is 15.1. The Morgan fingerprint density at radius 2 is 1.95 bits per heavy atom. The Morgan fingerprint density at radius 1 is 1.18 bits per heavy atom. The number of hydrogen-bond donors (Lipinski definition) is 4. The lowest BCUT2D eigenvalue weighted by atomic mass is 9.72. The van der Waals surface area contributed by atoms with Gasteiger partial charge in [-0.3, -0.25) is 9.59 Å². The molecule has 8 heteroatoms. The Bertz CT molecular complexity index is 1150. The van der Waals surface area contributed by atoms with Gasteiger partial charge in [-0.25, -0.2) is 4.39 Å². The minimum absolute atomic E-state index is 0.0275. The van der Waals surface area contributed by atoms with Gasteiger partial charge in [-0.2, -0.15) is 0 Å². The number of carbonyl (C=O) groups is 2. The smallest absolute Gasteiger partial charge is 0.225 e. The fraction of sp³-hybridized carbons (Fsp3) is 0.533. The molecule has 1 heterocycles. The third-order valence-corrected chi connectivity index (χ3v) is 8.25. The van der Waals surface area contributed by atoms with Crippen LogP contribution in [0.1, 0.15) is 56.6 Å². The van der Waals surface area contributed by atoms with Crippen LogP contribution in [-0.4, -0.2) is 58.7 Å². The molecule has 206 valence electrons. The van der Waals surface area contributed by atoms with E-state index in [1.165, 1.54) is 13.0 Å². The van der Waals surface area contributed by atoms with Gasteiger partial charge in [-0.1, -0.05) is 35.9 Å². The molecule has 2 fully saturated rings. The number of hydrogen-bond acceptors (Lipinski definition) is 5. The van der Waals surface area contributed by atoms with Gasteiger partial charge in [0.15, 0.2) is 0 Å². The quantitative estimate of drug-likeness (QED) is 0.395. The number of amides is 2. The van der Waals surface area contributed by atoms with Crippen LogP contribution in [0, 0.1) is 24.6 Å². The molecule has 1 saturated carbocycles. The first kappa shape index (κ1) is 28.2. The first-order valence-electron chi connectivity index (χ1n) is 13.7. The van der Waals surface area contributed by atoms with Crippen LogP contribution in [-0.2, 0) is 15.2 Å². The number of aliphatic hydroxyl groups excluding tert-OH is 1. The maximum atomic E-state index is 15.1. The number of halogens is 1. The van der Waals surface area contributed by atoms with Gasteiger partial charge >= 0.3 is 0 Å². The zero-order valence-electron chi connectivity index (χ0n) is 22.3. The third-order valence-electron chi connectivity index (χ3n) is 8.25. The molecule has 1 saturated heterocycles. The molecule has 2 aromatic rings. The van der Waals surface area contributed by atoms with E-state index in [0.717, 1.165) is 12.0 Å². The molecular weight excluding hydrogens is 485 g/mol. The molecule has 5 unspecified atom stereocenters. The molecule has 4 rings (SSSR count). The van der Waals surface area contributed by atoms with Gasteiger partial charge in [0.25, 0.3) is 0 Å². The van der Waals surface area contributed by atoms with Crippen molar-refractivity contribution >= 4 is 11.8 Å². The van der Waals surface area contributed by atoms with E-state index in [1.54, 1.807) is 17.0 Å². The summed E-state index contributed by atoms with van der Waals surface area (Å²) in [6.07, 6.45) is 2.44. The summed E-state index contributed by atoms with van der Waals surface area (Å²) in [7, 11) is 0. The summed E-state index contributed by atoms with van der Waals surface area (Å²) in [6.45, 7) is 4.72. The number of aryl methyl sites for hydroxylation is 1. The summed E-state index contributed by atoms with van der Waals surface area (Å²) in [4.78, 5) is 26.6. The fourth-order valence-corrected chi connectivity index (χ4v) is 6.20. The number of benzene rings is 2. The van der Waals surface area contributed by atoms with Gasteiger partial charge < -0.3 is 26.2 Å². The Balaban J connectivity index is 1.67. The van der Waals surface area contributed by atoms with Crippen molar-refractivity contribution in [1.82, 2.24) is 10.2 Å². The lowest BCUT2D eigenvalue weighted by Crippen LogP contribution is -2.49. The molecule has 2 amide bonds. The lowest BCUT2D eigenvalue weighted by molar-refractivity contribution is -0.141. The second kappa shape index (κ2) is 11.9. The van der Waals surface area contributed by atoms with Gasteiger partial charge in [0.05, 0.1) is 11.7 Å². The molecule has 0 radical (unpaired) electrons. The van der Waals surface area contributed by atoms with E-state index >= 15 is 4.39 Å². The standard InChI is InChI=1S/C30H40FN3O4/c1-19-10-11-26(31)24(15-19)23-8-3-4-9-25(23)30(38,12-6-13-33-20(2)35)22-7-5-14-34(18-22)29(37)21-16-27(32)28(36)17-21/h3-4,8-11,15,21-22,27-28,36,38H,5-7,12-14,16-18,32H2,1-2H3,(H,33,35). The van der Waals surface area contributed by atoms with Crippen LogP contribution in [0.25, 0.3) is 11.1 Å². The molecule has 2 aliphatic rings. The molecule has 7 nitrogen and oxygen atoms in total. The van der Waals surface area contributed by atoms with Crippen LogP contribution in [0.4, 0.5) is 4.39 Å². The predicted molar refractivity (Wildman–Crippen MR) is 144 cm³/mol. The fourth-order valence-electron chi connectivity index (χ4n) is 6.20. The molecule has 5 atom stereocenters. The van der Waals surface area contributed by atoms with Crippen LogP contribution in [0.15, 0.2) is 42.5 Å². The summed E-state index contributed by atoms with van der Waals surface area (Å²) in [5.41, 5.74) is 7.22. The van der Waals surface area contributed by atoms with E-state index in [2.05, 4.69) is 5.32 Å². The SMILES string of the molecule is CC(=O)NCCCC(O)(c1ccccc1-c1cc(C)ccc1F)C1CCCN(C(=O)C2CC(N)C(O)C2)C1. The summed E-state index contributed by atoms with van der Waals surface area (Å²) in [5.74, 6) is -1.13. The first-order valence-corrected chi connectivity index (χ1v) is 13.7. The summed E-state index contributed by atoms with van der Waals surface area (Å²) < 4.78 is 15.1. The van der Waals surface area contributed by atoms with Crippen molar-refractivity contribution in [2.75, 3.05) is 19.6 Å². The van der Waals surface area contributed by atoms with E-state index in [-0.39, 0.29) is 29.5 Å². The number of likely N-dealkylation sites (tertiary alicyclic amines) is 1. The van der Waals surface area contributed by atoms with Crippen LogP contribution < -0.4 is 11.1 Å². The Morgan fingerprint density at radius 3 is 2.66 bits per heavy atom. The van der Waals surface area contributed by atoms with Crippen molar-refractivity contribution in [1.29, 1.82) is 0 Å². The first-order chi connectivity index (χ1) is 18.1. The third kappa shape index (κ3) is 6.08. The Kier molecular flexibility index (Phi) is 8.85. The molecule has 0 aromatic heterocycles. The van der Waals surface area contributed by atoms with E-state index in [4.69, 9.17) is 5.73 Å². The van der Waals surface area contributed by atoms with Gasteiger partial charge in [-0.05, 0) is 68.7 Å². The highest BCUT2D eigenvalue weighted by Gasteiger charge is 2.44. The monoisotopic (exact) mass is 525 g/mol. The zero-order valence-corrected chi connectivity index (χ0v) is 22.3. The Labute approximate surface area is 224 Å². The lowest BCUT2D eigenvalue weighted by Gasteiger charge is -2.44. The van der Waals surface area contributed by atoms with Crippen molar-refractivity contribution in [3.8, 4) is 11.1 Å². The van der Waals surface area contributed by atoms with Gasteiger partial charge in [-0.15, -0.1) is 0 Å². The second-order valence-electron chi connectivity index (χ2n) is 11.1. The van der Waals surface area contributed by atoms with Crippen molar-refractivity contribution in [3.63, 3.8) is 0 Å². The van der Waals surface area contributed by atoms with E-state index in [1.807, 2.05) is 31.2 Å². The highest BCUT2D eigenvalue weighted by molar-refractivity contribution is 5.79. The van der Waals surface area contributed by atoms with Crippen molar-refractivity contribution in [3.05, 3.63) is 59.4 Å². The van der Waals surface area contributed by atoms with Gasteiger partial charge in [0.1, 0.15) is 5.82 Å². The normalized spacial score (nSPS) is 25.2. The largest absolute Gasteiger partial charge is 0.391 e. The molecule has 0 spiro atoms. The van der Waals surface area contributed by atoms with Crippen molar-refractivity contribution < 1.29 is 24.2 Å². The van der Waals surface area contributed by atoms with Crippen LogP contribution >= 0.6 is 0 Å². The van der Waals surface area contributed by atoms with Crippen LogP contribution in [0.3, 0.4) is 0 Å². The molecular formula is C30H40FN3O4. The summed E-state index contributed by atoms with van der Waals surface area (Å²) in [5, 5.41) is 25.4. The molecule has 0 bridgehead atoms. The highest BCUT2D eigenvalue weighted by atomic mass is 19.1. The van der Waals surface area contributed by atoms with E-state index < -0.39 is 17.7 Å². The summed E-state index contributed by atoms with van der Waals surface area (Å²) >= 11 is 0. The molecule has 1 aliphatic carbocycles. The minimum Gasteiger partial charge on any atom is -0.391 e. The number of piperidine rings is 1. The van der Waals surface area contributed by atoms with Crippen LogP contribution in [0.5, 0.6) is 0 Å². The number of rotatable bonds is 8. The number of aliphatic hydroxyl groups is 2. The van der Waals surface area contributed by atoms with Crippen molar-refractivity contribution in [2.24, 2.45) is 17.6 Å². The number of nitrogens with two attached hydrogens (primary N) is 1. The van der Waals surface area contributed by atoms with Gasteiger partial charge in [0, 0.05) is 50.0 Å². The number of nitrogens with zero attached hydrogens (tertiary/aromatic N) is 1. The highest BCUT2D eigenvalue weighted by Crippen LogP contribution is 2.44. The molecule has 38 heavy (non-hydrogen) atoms. The predicted octanol–water partition coefficient (Wildman–Crippen LogP) is 3.24. The zero-order chi connectivity index (χ0) is 27.4. The molecule has 1 aliphatic heterocycles. The van der Waals surface area contributed by atoms with Gasteiger partial charge in [0.2, 0.25) is 11.8 Å². The maximum Gasteiger partial charge on any atom is 0.225 e. The average Bonchev–Trinajstić information content (AvgIpc) is 3.25. The topological polar surface area (TPSA) is 116 Å². The Hall–Kier alpha value is -2.81. The minimum atomic E-state index is -1.35. The molecule has 2 aromatic carbocycles. The van der Waals surface area contributed by atoms with E-state index in [9.17, 15) is 19.8 Å². The molecule has 5 N–H and O–H groups in total. The van der Waals surface area contributed by atoms with Crippen molar-refractivity contribution in [2.45, 2.75) is 70.1 Å². The summed E-state index contributed by atoms with van der Waals surface area (Å²) in [6, 6.07) is 11.9. The average molecular weight is 526 g/mol. The number of carbonyl (C=O) groups excluding carboxylic acids is 2. The number of nitrogens with one attached hydrogen (secondary N) is 1. The van der Waals surface area contributed by atoms with Crippen LogP contribution in [0.2, 0.25) is 0 Å².